The molecule has 5 nitrogen and oxygen atoms in total. The van der Waals surface area contributed by atoms with Crippen LogP contribution in [0.15, 0.2) is 72.8 Å². The van der Waals surface area contributed by atoms with E-state index in [4.69, 9.17) is 0 Å². The predicted molar refractivity (Wildman–Crippen MR) is 144 cm³/mol. The summed E-state index contributed by atoms with van der Waals surface area (Å²) in [6.07, 6.45) is 3.09. The van der Waals surface area contributed by atoms with Gasteiger partial charge >= 0.3 is 0 Å². The summed E-state index contributed by atoms with van der Waals surface area (Å²) in [6.45, 7) is 6.97. The Kier molecular flexibility index (Phi) is 7.08. The molecule has 1 unspecified atom stereocenters. The van der Waals surface area contributed by atoms with Crippen molar-refractivity contribution in [2.24, 2.45) is 0 Å². The molecule has 0 bridgehead atoms. The largest absolute Gasteiger partial charge is 0.371 e. The van der Waals surface area contributed by atoms with Gasteiger partial charge in [-0.3, -0.25) is 9.59 Å². The van der Waals surface area contributed by atoms with Crippen molar-refractivity contribution in [3.8, 4) is 0 Å². The fourth-order valence-corrected chi connectivity index (χ4v) is 5.60. The minimum atomic E-state index is -0.00835. The second-order valence-corrected chi connectivity index (χ2v) is 10.1. The van der Waals surface area contributed by atoms with Gasteiger partial charge in [-0.15, -0.1) is 0 Å². The summed E-state index contributed by atoms with van der Waals surface area (Å²) in [5.74, 6) is 0.644. The van der Waals surface area contributed by atoms with E-state index in [0.717, 1.165) is 55.7 Å². The van der Waals surface area contributed by atoms with Gasteiger partial charge in [0, 0.05) is 44.4 Å². The summed E-state index contributed by atoms with van der Waals surface area (Å²) in [5.41, 5.74) is 7.02. The molecule has 1 atom stereocenters. The smallest absolute Gasteiger partial charge is 0.254 e. The predicted octanol–water partition coefficient (Wildman–Crippen LogP) is 5.47. The standard InChI is InChI=1S/C31H35N3O2/c1-22(32-23(2)35)24-10-12-26(13-11-24)27-14-17-33(18-15-27)30-9-5-8-28(20-30)31(36)34-19-16-25-6-3-4-7-29(25)21-34/h3-13,20,22,27H,14-19,21H2,1-2H3,(H,32,35). The van der Waals surface area contributed by atoms with E-state index in [9.17, 15) is 9.59 Å². The van der Waals surface area contributed by atoms with Crippen molar-refractivity contribution >= 4 is 17.5 Å². The van der Waals surface area contributed by atoms with Crippen LogP contribution in [-0.2, 0) is 17.8 Å². The van der Waals surface area contributed by atoms with E-state index in [1.807, 2.05) is 24.0 Å². The van der Waals surface area contributed by atoms with Crippen molar-refractivity contribution in [3.63, 3.8) is 0 Å². The highest BCUT2D eigenvalue weighted by Gasteiger charge is 2.24. The first-order valence-electron chi connectivity index (χ1n) is 13.1. The number of piperidine rings is 1. The molecule has 0 aliphatic carbocycles. The molecular formula is C31H35N3O2. The Morgan fingerprint density at radius 1 is 0.889 bits per heavy atom. The first-order valence-corrected chi connectivity index (χ1v) is 13.1. The number of benzene rings is 3. The number of hydrogen-bond acceptors (Lipinski definition) is 3. The van der Waals surface area contributed by atoms with Crippen LogP contribution in [0.5, 0.6) is 0 Å². The van der Waals surface area contributed by atoms with E-state index in [1.54, 1.807) is 6.92 Å². The van der Waals surface area contributed by atoms with Crippen LogP contribution in [0.2, 0.25) is 0 Å². The monoisotopic (exact) mass is 481 g/mol. The number of carbonyl (C=O) groups excluding carboxylic acids is 2. The minimum absolute atomic E-state index is 0.00835. The molecule has 36 heavy (non-hydrogen) atoms. The summed E-state index contributed by atoms with van der Waals surface area (Å²) in [5, 5.41) is 2.95. The third-order valence-electron chi connectivity index (χ3n) is 7.70. The highest BCUT2D eigenvalue weighted by molar-refractivity contribution is 5.95. The fraction of sp³-hybridized carbons (Fsp3) is 0.355. The molecule has 5 rings (SSSR count). The Bertz CT molecular complexity index is 1230. The first-order chi connectivity index (χ1) is 17.5. The second kappa shape index (κ2) is 10.6. The van der Waals surface area contributed by atoms with E-state index in [1.165, 1.54) is 16.7 Å². The van der Waals surface area contributed by atoms with Gasteiger partial charge < -0.3 is 15.1 Å². The Morgan fingerprint density at radius 2 is 1.61 bits per heavy atom. The molecule has 0 aromatic heterocycles. The van der Waals surface area contributed by atoms with Crippen LogP contribution in [0.25, 0.3) is 0 Å². The van der Waals surface area contributed by atoms with Gasteiger partial charge in [0.2, 0.25) is 5.91 Å². The summed E-state index contributed by atoms with van der Waals surface area (Å²) in [4.78, 5) is 29.0. The zero-order valence-corrected chi connectivity index (χ0v) is 21.2. The Balaban J connectivity index is 1.20. The van der Waals surface area contributed by atoms with Crippen molar-refractivity contribution < 1.29 is 9.59 Å². The van der Waals surface area contributed by atoms with E-state index >= 15 is 0 Å². The molecule has 2 heterocycles. The van der Waals surface area contributed by atoms with Crippen LogP contribution in [0, 0.1) is 0 Å². The molecule has 2 aliphatic rings. The summed E-state index contributed by atoms with van der Waals surface area (Å²) >= 11 is 0. The molecule has 1 saturated heterocycles. The maximum Gasteiger partial charge on any atom is 0.254 e. The lowest BCUT2D eigenvalue weighted by molar-refractivity contribution is -0.119. The van der Waals surface area contributed by atoms with Gasteiger partial charge in [-0.1, -0.05) is 54.6 Å². The maximum absolute atomic E-state index is 13.3. The van der Waals surface area contributed by atoms with Crippen LogP contribution >= 0.6 is 0 Å². The van der Waals surface area contributed by atoms with Gasteiger partial charge in [0.25, 0.3) is 5.91 Å². The lowest BCUT2D eigenvalue weighted by atomic mass is 9.88. The average molecular weight is 482 g/mol. The number of rotatable bonds is 5. The van der Waals surface area contributed by atoms with Crippen molar-refractivity contribution in [1.29, 1.82) is 0 Å². The summed E-state index contributed by atoms with van der Waals surface area (Å²) in [7, 11) is 0. The van der Waals surface area contributed by atoms with Crippen LogP contribution in [-0.4, -0.2) is 36.3 Å². The fourth-order valence-electron chi connectivity index (χ4n) is 5.60. The number of nitrogens with one attached hydrogen (secondary N) is 1. The Hall–Kier alpha value is -3.60. The molecule has 1 fully saturated rings. The van der Waals surface area contributed by atoms with Crippen LogP contribution < -0.4 is 10.2 Å². The van der Waals surface area contributed by atoms with Crippen molar-refractivity contribution in [1.82, 2.24) is 10.2 Å². The van der Waals surface area contributed by atoms with Gasteiger partial charge in [0.15, 0.2) is 0 Å². The lowest BCUT2D eigenvalue weighted by Gasteiger charge is -2.34. The molecule has 3 aromatic rings. The Labute approximate surface area is 214 Å². The molecular weight excluding hydrogens is 446 g/mol. The molecule has 2 aliphatic heterocycles. The van der Waals surface area contributed by atoms with E-state index in [-0.39, 0.29) is 17.9 Å². The van der Waals surface area contributed by atoms with E-state index in [2.05, 4.69) is 70.9 Å². The van der Waals surface area contributed by atoms with Gasteiger partial charge in [0.1, 0.15) is 0 Å². The Morgan fingerprint density at radius 3 is 2.33 bits per heavy atom. The van der Waals surface area contributed by atoms with E-state index < -0.39 is 0 Å². The van der Waals surface area contributed by atoms with Gasteiger partial charge in [-0.2, -0.15) is 0 Å². The number of anilines is 1. The highest BCUT2D eigenvalue weighted by Crippen LogP contribution is 2.32. The zero-order valence-electron chi connectivity index (χ0n) is 21.2. The molecule has 1 N–H and O–H groups in total. The molecule has 0 spiro atoms. The SMILES string of the molecule is CC(=O)NC(C)c1ccc(C2CCN(c3cccc(C(=O)N4CCc5ccccc5C4)c3)CC2)cc1. The lowest BCUT2D eigenvalue weighted by Crippen LogP contribution is -2.36. The number of hydrogen-bond donors (Lipinski definition) is 1. The molecule has 3 aromatic carbocycles. The van der Waals surface area contributed by atoms with Crippen LogP contribution in [0.1, 0.15) is 71.3 Å². The molecule has 0 saturated carbocycles. The van der Waals surface area contributed by atoms with Gasteiger partial charge in [-0.05, 0) is 72.6 Å². The minimum Gasteiger partial charge on any atom is -0.371 e. The molecule has 5 heteroatoms. The summed E-state index contributed by atoms with van der Waals surface area (Å²) in [6, 6.07) is 25.3. The molecule has 186 valence electrons. The van der Waals surface area contributed by atoms with E-state index in [0.29, 0.717) is 12.5 Å². The number of amides is 2. The van der Waals surface area contributed by atoms with Crippen molar-refractivity contribution in [2.45, 2.75) is 51.6 Å². The van der Waals surface area contributed by atoms with Crippen LogP contribution in [0.4, 0.5) is 5.69 Å². The summed E-state index contributed by atoms with van der Waals surface area (Å²) < 4.78 is 0. The quantitative estimate of drug-likeness (QED) is 0.526. The number of nitrogens with zero attached hydrogens (tertiary/aromatic N) is 2. The topological polar surface area (TPSA) is 52.7 Å². The number of fused-ring (bicyclic) bond motifs is 1. The third-order valence-corrected chi connectivity index (χ3v) is 7.70. The van der Waals surface area contributed by atoms with Gasteiger partial charge in [0.05, 0.1) is 6.04 Å². The molecule has 2 amide bonds. The third kappa shape index (κ3) is 5.30. The zero-order chi connectivity index (χ0) is 25.1. The average Bonchev–Trinajstić information content (AvgIpc) is 2.92. The maximum atomic E-state index is 13.3. The van der Waals surface area contributed by atoms with Crippen molar-refractivity contribution in [3.05, 3.63) is 101 Å². The van der Waals surface area contributed by atoms with Gasteiger partial charge in [-0.25, -0.2) is 0 Å². The van der Waals surface area contributed by atoms with Crippen molar-refractivity contribution in [2.75, 3.05) is 24.5 Å². The normalized spacial score (nSPS) is 16.8. The first kappa shape index (κ1) is 24.1. The molecule has 0 radical (unpaired) electrons. The van der Waals surface area contributed by atoms with Crippen LogP contribution in [0.3, 0.4) is 0 Å². The second-order valence-electron chi connectivity index (χ2n) is 10.1. The number of carbonyl (C=O) groups is 2. The highest BCUT2D eigenvalue weighted by atomic mass is 16.2.